The van der Waals surface area contributed by atoms with E-state index in [1.165, 1.54) is 31.4 Å². The minimum atomic E-state index is -5.34. The molecule has 8 nitrogen and oxygen atoms in total. The quantitative estimate of drug-likeness (QED) is 0.695. The van der Waals surface area contributed by atoms with E-state index in [9.17, 15) is 27.9 Å². The van der Waals surface area contributed by atoms with Gasteiger partial charge < -0.3 is 25.1 Å². The summed E-state index contributed by atoms with van der Waals surface area (Å²) >= 11 is 0. The summed E-state index contributed by atoms with van der Waals surface area (Å²) in [4.78, 5) is 25.0. The van der Waals surface area contributed by atoms with Crippen LogP contribution in [-0.4, -0.2) is 47.1 Å². The highest BCUT2D eigenvalue weighted by Gasteiger charge is 2.69. The maximum Gasteiger partial charge on any atom is 0.445 e. The molecule has 0 radical (unpaired) electrons. The molecule has 3 rings (SSSR count). The first-order valence-corrected chi connectivity index (χ1v) is 9.45. The van der Waals surface area contributed by atoms with Crippen LogP contribution >= 0.6 is 0 Å². The summed E-state index contributed by atoms with van der Waals surface area (Å²) in [5, 5.41) is 10.4. The lowest BCUT2D eigenvalue weighted by Crippen LogP contribution is -2.57. The molecular formula is C21H21F3N2O6. The molecule has 1 aliphatic rings. The van der Waals surface area contributed by atoms with Gasteiger partial charge in [0.25, 0.3) is 5.79 Å². The van der Waals surface area contributed by atoms with Gasteiger partial charge in [0.2, 0.25) is 5.91 Å². The van der Waals surface area contributed by atoms with Crippen LogP contribution in [0.4, 0.5) is 18.0 Å². The number of nitrogens with zero attached hydrogens (tertiary/aromatic N) is 1. The number of primary amides is 1. The summed E-state index contributed by atoms with van der Waals surface area (Å²) in [5.41, 5.74) is 5.80. The van der Waals surface area contributed by atoms with Crippen LogP contribution in [-0.2, 0) is 20.9 Å². The zero-order valence-electron chi connectivity index (χ0n) is 16.9. The van der Waals surface area contributed by atoms with E-state index < -0.39 is 42.7 Å². The van der Waals surface area contributed by atoms with E-state index in [1.54, 1.807) is 30.3 Å². The summed E-state index contributed by atoms with van der Waals surface area (Å²) in [5.74, 6) is -4.61. The Morgan fingerprint density at radius 1 is 1.16 bits per heavy atom. The maximum absolute atomic E-state index is 13.8. The molecule has 11 heteroatoms. The Kier molecular flexibility index (Phi) is 6.60. The molecule has 2 unspecified atom stereocenters. The highest BCUT2D eigenvalue weighted by atomic mass is 19.4. The number of nitrogens with two attached hydrogens (primary N) is 1. The van der Waals surface area contributed by atoms with E-state index in [1.807, 2.05) is 0 Å². The second-order valence-electron chi connectivity index (χ2n) is 7.07. The minimum Gasteiger partial charge on any atom is -0.497 e. The summed E-state index contributed by atoms with van der Waals surface area (Å²) in [6.07, 6.45) is -9.28. The molecule has 0 aliphatic carbocycles. The molecule has 32 heavy (non-hydrogen) atoms. The van der Waals surface area contributed by atoms with Gasteiger partial charge in [0.05, 0.1) is 13.5 Å². The monoisotopic (exact) mass is 454 g/mol. The Morgan fingerprint density at radius 3 is 2.31 bits per heavy atom. The first-order valence-electron chi connectivity index (χ1n) is 9.45. The molecule has 3 atom stereocenters. The average molecular weight is 454 g/mol. The third-order valence-electron chi connectivity index (χ3n) is 4.95. The number of alkyl halides is 3. The normalized spacial score (nSPS) is 23.1. The highest BCUT2D eigenvalue weighted by molar-refractivity contribution is 5.76. The summed E-state index contributed by atoms with van der Waals surface area (Å²) < 4.78 is 56.6. The third-order valence-corrected chi connectivity index (χ3v) is 4.95. The molecule has 1 fully saturated rings. The molecule has 0 aromatic heterocycles. The van der Waals surface area contributed by atoms with Crippen molar-refractivity contribution in [3.63, 3.8) is 0 Å². The number of hydrogen-bond donors (Lipinski definition) is 2. The van der Waals surface area contributed by atoms with Crippen LogP contribution in [0.5, 0.6) is 5.75 Å². The number of ether oxygens (including phenoxy) is 3. The number of carbonyl (C=O) groups is 2. The topological polar surface area (TPSA) is 111 Å². The smallest absolute Gasteiger partial charge is 0.445 e. The van der Waals surface area contributed by atoms with E-state index in [-0.39, 0.29) is 12.2 Å². The highest BCUT2D eigenvalue weighted by Crippen LogP contribution is 2.49. The van der Waals surface area contributed by atoms with Crippen molar-refractivity contribution in [1.82, 2.24) is 4.90 Å². The fourth-order valence-corrected chi connectivity index (χ4v) is 3.35. The van der Waals surface area contributed by atoms with Gasteiger partial charge in [0.1, 0.15) is 18.4 Å². The van der Waals surface area contributed by atoms with Gasteiger partial charge in [0.15, 0.2) is 6.23 Å². The summed E-state index contributed by atoms with van der Waals surface area (Å²) in [7, 11) is 1.40. The average Bonchev–Trinajstić information content (AvgIpc) is 3.06. The Bertz CT molecular complexity index is 954. The number of methoxy groups -OCH3 is 1. The predicted molar refractivity (Wildman–Crippen MR) is 104 cm³/mol. The van der Waals surface area contributed by atoms with Gasteiger partial charge in [-0.15, -0.1) is 0 Å². The van der Waals surface area contributed by atoms with Crippen LogP contribution in [0.2, 0.25) is 0 Å². The molecule has 3 N–H and O–H groups in total. The predicted octanol–water partition coefficient (Wildman–Crippen LogP) is 2.86. The Labute approximate surface area is 181 Å². The third kappa shape index (κ3) is 4.63. The van der Waals surface area contributed by atoms with Crippen LogP contribution in [0.1, 0.15) is 23.8 Å². The van der Waals surface area contributed by atoms with Crippen molar-refractivity contribution in [2.24, 2.45) is 5.73 Å². The first-order chi connectivity index (χ1) is 15.1. The SMILES string of the molecule is COc1ccc(C2OC(O)(C(F)(F)F)[C@H](CC(N)=O)N2C(=O)OCc2ccccc2)cc1. The molecule has 0 bridgehead atoms. The first kappa shape index (κ1) is 23.4. The number of hydrogen-bond acceptors (Lipinski definition) is 6. The second kappa shape index (κ2) is 9.05. The van der Waals surface area contributed by atoms with Crippen molar-refractivity contribution in [3.8, 4) is 5.75 Å². The molecule has 2 amide bonds. The van der Waals surface area contributed by atoms with Gasteiger partial charge >= 0.3 is 12.3 Å². The molecule has 1 aliphatic heterocycles. The van der Waals surface area contributed by atoms with Crippen molar-refractivity contribution in [2.75, 3.05) is 7.11 Å². The maximum atomic E-state index is 13.8. The van der Waals surface area contributed by atoms with Gasteiger partial charge in [-0.25, -0.2) is 4.79 Å². The Balaban J connectivity index is 1.99. The van der Waals surface area contributed by atoms with Crippen molar-refractivity contribution in [1.29, 1.82) is 0 Å². The zero-order chi connectivity index (χ0) is 23.5. The lowest BCUT2D eigenvalue weighted by Gasteiger charge is -2.31. The largest absolute Gasteiger partial charge is 0.497 e. The van der Waals surface area contributed by atoms with E-state index in [0.717, 1.165) is 0 Å². The van der Waals surface area contributed by atoms with Crippen LogP contribution in [0.3, 0.4) is 0 Å². The lowest BCUT2D eigenvalue weighted by atomic mass is 10.0. The Hall–Kier alpha value is -3.31. The van der Waals surface area contributed by atoms with E-state index in [4.69, 9.17) is 19.9 Å². The molecule has 2 aromatic rings. The zero-order valence-corrected chi connectivity index (χ0v) is 16.9. The van der Waals surface area contributed by atoms with E-state index in [0.29, 0.717) is 16.2 Å². The summed E-state index contributed by atoms with van der Waals surface area (Å²) in [6.45, 7) is -0.251. The number of halogens is 3. The number of rotatable bonds is 6. The number of aliphatic hydroxyl groups is 1. The molecule has 0 spiro atoms. The molecule has 0 saturated carbocycles. The standard InChI is InChI=1S/C21H21F3N2O6/c1-30-15-9-7-14(8-10-15)18-26(19(28)31-12-13-5-3-2-4-6-13)16(11-17(25)27)20(29,32-18)21(22,23)24/h2-10,16,18,29H,11-12H2,1H3,(H2,25,27)/t16-,18?,20?/m0/s1. The van der Waals surface area contributed by atoms with Gasteiger partial charge in [-0.05, 0) is 17.7 Å². The molecule has 172 valence electrons. The number of carbonyl (C=O) groups excluding carboxylic acids is 2. The van der Waals surface area contributed by atoms with E-state index in [2.05, 4.69) is 0 Å². The second-order valence-corrected chi connectivity index (χ2v) is 7.07. The number of amides is 2. The van der Waals surface area contributed by atoms with Crippen LogP contribution in [0.25, 0.3) is 0 Å². The molecule has 1 heterocycles. The van der Waals surface area contributed by atoms with E-state index >= 15 is 0 Å². The van der Waals surface area contributed by atoms with Gasteiger partial charge in [0, 0.05) is 5.56 Å². The Morgan fingerprint density at radius 2 is 1.78 bits per heavy atom. The van der Waals surface area contributed by atoms with Gasteiger partial charge in [-0.3, -0.25) is 9.69 Å². The van der Waals surface area contributed by atoms with Crippen molar-refractivity contribution < 1.29 is 42.1 Å². The van der Waals surface area contributed by atoms with Crippen molar-refractivity contribution >= 4 is 12.0 Å². The van der Waals surface area contributed by atoms with Crippen molar-refractivity contribution in [2.45, 2.75) is 37.3 Å². The van der Waals surface area contributed by atoms with Crippen LogP contribution in [0.15, 0.2) is 54.6 Å². The minimum absolute atomic E-state index is 0.0945. The number of benzene rings is 2. The molecule has 1 saturated heterocycles. The lowest BCUT2D eigenvalue weighted by molar-refractivity contribution is -0.362. The molecule has 2 aromatic carbocycles. The fourth-order valence-electron chi connectivity index (χ4n) is 3.35. The van der Waals surface area contributed by atoms with Crippen molar-refractivity contribution in [3.05, 3.63) is 65.7 Å². The fraction of sp³-hybridized carbons (Fsp3) is 0.333. The summed E-state index contributed by atoms with van der Waals surface area (Å²) in [6, 6.07) is 11.9. The van der Waals surface area contributed by atoms with Gasteiger partial charge in [-0.2, -0.15) is 13.2 Å². The van der Waals surface area contributed by atoms with Crippen LogP contribution in [0, 0.1) is 0 Å². The van der Waals surface area contributed by atoms with Crippen LogP contribution < -0.4 is 10.5 Å². The van der Waals surface area contributed by atoms with Gasteiger partial charge in [-0.1, -0.05) is 42.5 Å². The molecular weight excluding hydrogens is 433 g/mol.